The van der Waals surface area contributed by atoms with Crippen molar-refractivity contribution in [2.24, 2.45) is 5.92 Å². The third kappa shape index (κ3) is 3.61. The van der Waals surface area contributed by atoms with Gasteiger partial charge in [-0.1, -0.05) is 23.7 Å². The van der Waals surface area contributed by atoms with Gasteiger partial charge < -0.3 is 4.90 Å². The van der Waals surface area contributed by atoms with Crippen molar-refractivity contribution in [1.29, 1.82) is 0 Å². The summed E-state index contributed by atoms with van der Waals surface area (Å²) >= 11 is 5.91. The van der Waals surface area contributed by atoms with Crippen LogP contribution in [0, 0.1) is 5.92 Å². The Labute approximate surface area is 163 Å². The molecule has 9 heteroatoms. The van der Waals surface area contributed by atoms with E-state index in [9.17, 15) is 13.2 Å². The van der Waals surface area contributed by atoms with E-state index in [0.29, 0.717) is 49.7 Å². The summed E-state index contributed by atoms with van der Waals surface area (Å²) in [4.78, 5) is 14.2. The molecule has 1 N–H and O–H groups in total. The average Bonchev–Trinajstić information content (AvgIpc) is 3.18. The number of carbonyl (C=O) groups excluding carboxylic acids is 1. The maximum Gasteiger partial charge on any atom is 0.271 e. The van der Waals surface area contributed by atoms with E-state index in [1.807, 2.05) is 12.1 Å². The van der Waals surface area contributed by atoms with E-state index in [1.165, 1.54) is 0 Å². The molecular formula is C18H21ClN4O3S. The molecule has 27 heavy (non-hydrogen) atoms. The molecule has 2 aliphatic heterocycles. The number of hydrogen-bond acceptors (Lipinski definition) is 4. The number of nitrogens with one attached hydrogen (secondary N) is 1. The molecule has 0 unspecified atom stereocenters. The zero-order chi connectivity index (χ0) is 19.0. The number of nitrogens with zero attached hydrogens (tertiary/aromatic N) is 3. The minimum Gasteiger partial charge on any atom is -0.337 e. The van der Waals surface area contributed by atoms with Gasteiger partial charge in [0.25, 0.3) is 5.91 Å². The minimum absolute atomic E-state index is 0.0434. The highest BCUT2D eigenvalue weighted by atomic mass is 35.5. The van der Waals surface area contributed by atoms with Crippen molar-refractivity contribution in [3.05, 3.63) is 52.8 Å². The SMILES string of the molecule is O=C(c1ccn[nH]1)N1CC[C@H]2CN(Cc3ccc(Cl)cc3)S(=O)(=O)[C@@H]2CC1. The van der Waals surface area contributed by atoms with Crippen molar-refractivity contribution < 1.29 is 13.2 Å². The van der Waals surface area contributed by atoms with Crippen LogP contribution < -0.4 is 0 Å². The van der Waals surface area contributed by atoms with Crippen LogP contribution >= 0.6 is 11.6 Å². The van der Waals surface area contributed by atoms with Gasteiger partial charge in [0.15, 0.2) is 0 Å². The van der Waals surface area contributed by atoms with E-state index in [1.54, 1.807) is 33.6 Å². The number of likely N-dealkylation sites (tertiary alicyclic amines) is 1. The number of H-pyrrole nitrogens is 1. The minimum atomic E-state index is -3.38. The number of halogens is 1. The average molecular weight is 409 g/mol. The Morgan fingerprint density at radius 2 is 1.93 bits per heavy atom. The topological polar surface area (TPSA) is 86.4 Å². The standard InChI is InChI=1S/C18H21ClN4O3S/c19-15-3-1-13(2-4-15)11-23-12-14-6-9-22(10-7-17(14)27(23,25)26)18(24)16-5-8-20-21-16/h1-5,8,14,17H,6-7,9-12H2,(H,20,21)/t14-,17+/m0/s1. The lowest BCUT2D eigenvalue weighted by Crippen LogP contribution is -2.34. The lowest BCUT2D eigenvalue weighted by Gasteiger charge is -2.21. The molecule has 1 aromatic carbocycles. The fraction of sp³-hybridized carbons (Fsp3) is 0.444. The Morgan fingerprint density at radius 1 is 1.19 bits per heavy atom. The Hall–Kier alpha value is -1.90. The molecule has 0 radical (unpaired) electrons. The maximum absolute atomic E-state index is 13.0. The van der Waals surface area contributed by atoms with Gasteiger partial charge in [0.05, 0.1) is 5.25 Å². The fourth-order valence-electron chi connectivity index (χ4n) is 3.99. The summed E-state index contributed by atoms with van der Waals surface area (Å²) in [6.07, 6.45) is 2.68. The van der Waals surface area contributed by atoms with Crippen molar-refractivity contribution in [3.63, 3.8) is 0 Å². The molecule has 4 rings (SSSR count). The van der Waals surface area contributed by atoms with Crippen LogP contribution in [0.5, 0.6) is 0 Å². The molecule has 0 aliphatic carbocycles. The number of carbonyl (C=O) groups is 1. The van der Waals surface area contributed by atoms with Crippen LogP contribution in [0.2, 0.25) is 5.02 Å². The first-order valence-corrected chi connectivity index (χ1v) is 10.9. The largest absolute Gasteiger partial charge is 0.337 e. The number of aromatic nitrogens is 2. The van der Waals surface area contributed by atoms with Gasteiger partial charge in [0.2, 0.25) is 10.0 Å². The van der Waals surface area contributed by atoms with Gasteiger partial charge in [0, 0.05) is 37.4 Å². The van der Waals surface area contributed by atoms with E-state index in [0.717, 1.165) is 5.56 Å². The molecule has 144 valence electrons. The number of benzene rings is 1. The highest BCUT2D eigenvalue weighted by molar-refractivity contribution is 7.90. The van der Waals surface area contributed by atoms with E-state index in [-0.39, 0.29) is 11.8 Å². The maximum atomic E-state index is 13.0. The molecule has 0 spiro atoms. The van der Waals surface area contributed by atoms with Crippen molar-refractivity contribution in [3.8, 4) is 0 Å². The second kappa shape index (κ2) is 7.26. The number of fused-ring (bicyclic) bond motifs is 1. The van der Waals surface area contributed by atoms with Crippen molar-refractivity contribution in [2.45, 2.75) is 24.6 Å². The number of hydrogen-bond donors (Lipinski definition) is 1. The molecule has 0 saturated carbocycles. The third-order valence-electron chi connectivity index (χ3n) is 5.45. The summed E-state index contributed by atoms with van der Waals surface area (Å²) in [6.45, 7) is 1.86. The predicted octanol–water partition coefficient (Wildman–Crippen LogP) is 2.13. The summed E-state index contributed by atoms with van der Waals surface area (Å²) in [6, 6.07) is 8.90. The van der Waals surface area contributed by atoms with E-state index in [4.69, 9.17) is 11.6 Å². The first kappa shape index (κ1) is 18.5. The van der Waals surface area contributed by atoms with E-state index >= 15 is 0 Å². The Balaban J connectivity index is 1.46. The summed E-state index contributed by atoms with van der Waals surface area (Å²) in [5.41, 5.74) is 1.37. The quantitative estimate of drug-likeness (QED) is 0.842. The normalized spacial score (nSPS) is 25.1. The van der Waals surface area contributed by atoms with Crippen LogP contribution in [-0.4, -0.2) is 58.6 Å². The molecule has 2 aliphatic rings. The molecule has 2 atom stereocenters. The molecule has 1 aromatic heterocycles. The highest BCUT2D eigenvalue weighted by Crippen LogP contribution is 2.35. The summed E-state index contributed by atoms with van der Waals surface area (Å²) in [5.74, 6) is -0.0789. The Kier molecular flexibility index (Phi) is 4.96. The molecule has 3 heterocycles. The van der Waals surface area contributed by atoms with Gasteiger partial charge in [-0.3, -0.25) is 9.89 Å². The van der Waals surface area contributed by atoms with Crippen LogP contribution in [-0.2, 0) is 16.6 Å². The molecule has 2 aromatic rings. The smallest absolute Gasteiger partial charge is 0.271 e. The molecule has 0 bridgehead atoms. The zero-order valence-electron chi connectivity index (χ0n) is 14.7. The third-order valence-corrected chi connectivity index (χ3v) is 8.09. The molecule has 1 amide bonds. The van der Waals surface area contributed by atoms with Gasteiger partial charge in [-0.25, -0.2) is 8.42 Å². The molecule has 7 nitrogen and oxygen atoms in total. The second-order valence-corrected chi connectivity index (χ2v) is 9.69. The monoisotopic (exact) mass is 408 g/mol. The number of amides is 1. The number of sulfonamides is 1. The van der Waals surface area contributed by atoms with Crippen LogP contribution in [0.25, 0.3) is 0 Å². The van der Waals surface area contributed by atoms with Crippen LogP contribution in [0.15, 0.2) is 36.5 Å². The first-order chi connectivity index (χ1) is 12.9. The van der Waals surface area contributed by atoms with Crippen LogP contribution in [0.3, 0.4) is 0 Å². The molecular weight excluding hydrogens is 388 g/mol. The van der Waals surface area contributed by atoms with Crippen molar-refractivity contribution in [2.75, 3.05) is 19.6 Å². The lowest BCUT2D eigenvalue weighted by molar-refractivity contribution is 0.0753. The number of rotatable bonds is 3. The predicted molar refractivity (Wildman–Crippen MR) is 102 cm³/mol. The highest BCUT2D eigenvalue weighted by Gasteiger charge is 2.47. The summed E-state index contributed by atoms with van der Waals surface area (Å²) < 4.78 is 27.7. The molecule has 2 fully saturated rings. The van der Waals surface area contributed by atoms with Crippen LogP contribution in [0.4, 0.5) is 0 Å². The second-order valence-electron chi connectivity index (χ2n) is 7.10. The Bertz CT molecular complexity index is 915. The lowest BCUT2D eigenvalue weighted by atomic mass is 10.0. The first-order valence-electron chi connectivity index (χ1n) is 8.97. The van der Waals surface area contributed by atoms with Gasteiger partial charge in [-0.2, -0.15) is 9.40 Å². The van der Waals surface area contributed by atoms with Crippen molar-refractivity contribution >= 4 is 27.5 Å². The van der Waals surface area contributed by atoms with E-state index < -0.39 is 15.3 Å². The van der Waals surface area contributed by atoms with Crippen molar-refractivity contribution in [1.82, 2.24) is 19.4 Å². The zero-order valence-corrected chi connectivity index (χ0v) is 16.3. The molecule has 2 saturated heterocycles. The number of aromatic amines is 1. The van der Waals surface area contributed by atoms with Gasteiger partial charge in [-0.05, 0) is 42.5 Å². The van der Waals surface area contributed by atoms with Gasteiger partial charge in [0.1, 0.15) is 5.69 Å². The van der Waals surface area contributed by atoms with Gasteiger partial charge >= 0.3 is 0 Å². The summed E-state index contributed by atoms with van der Waals surface area (Å²) in [5, 5.41) is 6.70. The summed E-state index contributed by atoms with van der Waals surface area (Å²) in [7, 11) is -3.38. The van der Waals surface area contributed by atoms with E-state index in [2.05, 4.69) is 10.2 Å². The van der Waals surface area contributed by atoms with Crippen LogP contribution in [0.1, 0.15) is 28.9 Å². The van der Waals surface area contributed by atoms with Gasteiger partial charge in [-0.15, -0.1) is 0 Å². The fourth-order valence-corrected chi connectivity index (χ4v) is 6.34. The Morgan fingerprint density at radius 3 is 2.63 bits per heavy atom.